The number of nitrogens with one attached hydrogen (secondary N) is 1. The van der Waals surface area contributed by atoms with E-state index in [0.29, 0.717) is 24.9 Å². The highest BCUT2D eigenvalue weighted by molar-refractivity contribution is 7.13. The number of hydrogen-bond acceptors (Lipinski definition) is 4. The number of benzene rings is 1. The number of anilines is 1. The van der Waals surface area contributed by atoms with Crippen LogP contribution in [0.2, 0.25) is 0 Å². The molecule has 3 rings (SSSR count). The fraction of sp³-hybridized carbons (Fsp3) is 0.444. The first kappa shape index (κ1) is 16.9. The van der Waals surface area contributed by atoms with Crippen molar-refractivity contribution >= 4 is 22.4 Å². The summed E-state index contributed by atoms with van der Waals surface area (Å²) >= 11 is 1.68. The standard InChI is InChI=1S/C18H22FN3OS/c19-16-6-2-1-5-14(16)7-8-17(23)20-10-9-15-13-24-18(21-15)22-11-3-4-12-22/h1-2,5-6,13H,3-4,7-12H2,(H,20,23). The molecule has 0 saturated carbocycles. The van der Waals surface area contributed by atoms with Crippen LogP contribution in [0, 0.1) is 5.82 Å². The summed E-state index contributed by atoms with van der Waals surface area (Å²) in [6.07, 6.45) is 3.95. The topological polar surface area (TPSA) is 45.2 Å². The van der Waals surface area contributed by atoms with E-state index < -0.39 is 0 Å². The van der Waals surface area contributed by atoms with E-state index in [4.69, 9.17) is 0 Å². The molecule has 4 nitrogen and oxygen atoms in total. The number of carbonyl (C=O) groups is 1. The number of thiazole rings is 1. The molecule has 1 aromatic carbocycles. The number of aryl methyl sites for hydroxylation is 1. The van der Waals surface area contributed by atoms with Gasteiger partial charge in [-0.05, 0) is 30.9 Å². The Hall–Kier alpha value is -1.95. The van der Waals surface area contributed by atoms with Gasteiger partial charge in [0.25, 0.3) is 0 Å². The molecule has 1 aromatic heterocycles. The molecule has 0 bridgehead atoms. The van der Waals surface area contributed by atoms with E-state index in [2.05, 4.69) is 20.6 Å². The highest BCUT2D eigenvalue weighted by Gasteiger charge is 2.15. The van der Waals surface area contributed by atoms with Gasteiger partial charge in [0, 0.05) is 37.9 Å². The maximum atomic E-state index is 13.5. The van der Waals surface area contributed by atoms with E-state index in [1.165, 1.54) is 18.9 Å². The third-order valence-corrected chi connectivity index (χ3v) is 5.15. The molecule has 1 fully saturated rings. The van der Waals surface area contributed by atoms with Crippen LogP contribution in [0.4, 0.5) is 9.52 Å². The van der Waals surface area contributed by atoms with Gasteiger partial charge in [-0.3, -0.25) is 4.79 Å². The molecule has 1 aliphatic rings. The number of rotatable bonds is 7. The van der Waals surface area contributed by atoms with Crippen LogP contribution in [-0.2, 0) is 17.6 Å². The monoisotopic (exact) mass is 347 g/mol. The van der Waals surface area contributed by atoms with Crippen molar-refractivity contribution in [1.29, 1.82) is 0 Å². The summed E-state index contributed by atoms with van der Waals surface area (Å²) in [5, 5.41) is 6.05. The first-order valence-electron chi connectivity index (χ1n) is 8.42. The van der Waals surface area contributed by atoms with Crippen LogP contribution in [-0.4, -0.2) is 30.5 Å². The van der Waals surface area contributed by atoms with Gasteiger partial charge in [0.1, 0.15) is 5.82 Å². The van der Waals surface area contributed by atoms with Gasteiger partial charge in [-0.15, -0.1) is 11.3 Å². The smallest absolute Gasteiger partial charge is 0.220 e. The molecule has 1 saturated heterocycles. The van der Waals surface area contributed by atoms with Gasteiger partial charge in [0.2, 0.25) is 5.91 Å². The molecular formula is C18H22FN3OS. The van der Waals surface area contributed by atoms with Crippen molar-refractivity contribution in [2.45, 2.75) is 32.1 Å². The van der Waals surface area contributed by atoms with Crippen molar-refractivity contribution in [2.24, 2.45) is 0 Å². The van der Waals surface area contributed by atoms with Gasteiger partial charge in [-0.25, -0.2) is 9.37 Å². The van der Waals surface area contributed by atoms with E-state index in [1.807, 2.05) is 0 Å². The second-order valence-electron chi connectivity index (χ2n) is 6.01. The van der Waals surface area contributed by atoms with Gasteiger partial charge >= 0.3 is 0 Å². The van der Waals surface area contributed by atoms with Crippen LogP contribution in [0.5, 0.6) is 0 Å². The summed E-state index contributed by atoms with van der Waals surface area (Å²) in [4.78, 5) is 18.8. The minimum absolute atomic E-state index is 0.0479. The molecular weight excluding hydrogens is 325 g/mol. The first-order chi connectivity index (χ1) is 11.7. The summed E-state index contributed by atoms with van der Waals surface area (Å²) in [5.41, 5.74) is 1.61. The quantitative estimate of drug-likeness (QED) is 0.837. The van der Waals surface area contributed by atoms with Crippen molar-refractivity contribution < 1.29 is 9.18 Å². The van der Waals surface area contributed by atoms with Gasteiger partial charge in [0.05, 0.1) is 5.69 Å². The Kier molecular flexibility index (Phi) is 5.80. The van der Waals surface area contributed by atoms with E-state index in [0.717, 1.165) is 30.3 Å². The Morgan fingerprint density at radius 3 is 2.83 bits per heavy atom. The molecule has 0 radical (unpaired) electrons. The van der Waals surface area contributed by atoms with Crippen LogP contribution < -0.4 is 10.2 Å². The van der Waals surface area contributed by atoms with E-state index in [9.17, 15) is 9.18 Å². The van der Waals surface area contributed by atoms with Crippen molar-refractivity contribution in [2.75, 3.05) is 24.5 Å². The molecule has 0 aliphatic carbocycles. The molecule has 0 atom stereocenters. The normalized spacial score (nSPS) is 14.1. The molecule has 6 heteroatoms. The van der Waals surface area contributed by atoms with Crippen LogP contribution >= 0.6 is 11.3 Å². The predicted molar refractivity (Wildman–Crippen MR) is 95.0 cm³/mol. The zero-order chi connectivity index (χ0) is 16.8. The molecule has 1 N–H and O–H groups in total. The Morgan fingerprint density at radius 1 is 1.25 bits per heavy atom. The molecule has 1 amide bonds. The lowest BCUT2D eigenvalue weighted by Gasteiger charge is -2.12. The Balaban J connectivity index is 1.38. The third kappa shape index (κ3) is 4.54. The summed E-state index contributed by atoms with van der Waals surface area (Å²) in [5.74, 6) is -0.296. The second kappa shape index (κ2) is 8.24. The molecule has 2 aromatic rings. The highest BCUT2D eigenvalue weighted by atomic mass is 32.1. The highest BCUT2D eigenvalue weighted by Crippen LogP contribution is 2.24. The number of amides is 1. The zero-order valence-corrected chi connectivity index (χ0v) is 14.4. The molecule has 0 unspecified atom stereocenters. The van der Waals surface area contributed by atoms with Crippen molar-refractivity contribution in [3.05, 3.63) is 46.7 Å². The molecule has 24 heavy (non-hydrogen) atoms. The zero-order valence-electron chi connectivity index (χ0n) is 13.6. The average molecular weight is 347 g/mol. The van der Waals surface area contributed by atoms with Crippen molar-refractivity contribution in [3.8, 4) is 0 Å². The molecule has 128 valence electrons. The van der Waals surface area contributed by atoms with E-state index in [1.54, 1.807) is 29.5 Å². The number of hydrogen-bond donors (Lipinski definition) is 1. The van der Waals surface area contributed by atoms with Gasteiger partial charge < -0.3 is 10.2 Å². The second-order valence-corrected chi connectivity index (χ2v) is 6.84. The number of carbonyl (C=O) groups excluding carboxylic acids is 1. The van der Waals surface area contributed by atoms with E-state index >= 15 is 0 Å². The lowest BCUT2D eigenvalue weighted by Crippen LogP contribution is -2.26. The van der Waals surface area contributed by atoms with Crippen LogP contribution in [0.3, 0.4) is 0 Å². The Morgan fingerprint density at radius 2 is 2.04 bits per heavy atom. The number of aromatic nitrogens is 1. The minimum atomic E-state index is -0.248. The largest absolute Gasteiger partial charge is 0.356 e. The first-order valence-corrected chi connectivity index (χ1v) is 9.30. The summed E-state index contributed by atoms with van der Waals surface area (Å²) in [7, 11) is 0. The summed E-state index contributed by atoms with van der Waals surface area (Å²) < 4.78 is 13.5. The van der Waals surface area contributed by atoms with Gasteiger partial charge in [0.15, 0.2) is 5.13 Å². The number of nitrogens with zero attached hydrogens (tertiary/aromatic N) is 2. The van der Waals surface area contributed by atoms with Gasteiger partial charge in [-0.2, -0.15) is 0 Å². The summed E-state index contributed by atoms with van der Waals surface area (Å²) in [6, 6.07) is 6.59. The maximum absolute atomic E-state index is 13.5. The minimum Gasteiger partial charge on any atom is -0.356 e. The fourth-order valence-corrected chi connectivity index (χ4v) is 3.75. The Labute approximate surface area is 145 Å². The van der Waals surface area contributed by atoms with Gasteiger partial charge in [-0.1, -0.05) is 18.2 Å². The van der Waals surface area contributed by atoms with Crippen molar-refractivity contribution in [1.82, 2.24) is 10.3 Å². The summed E-state index contributed by atoms with van der Waals surface area (Å²) in [6.45, 7) is 2.76. The van der Waals surface area contributed by atoms with Crippen LogP contribution in [0.25, 0.3) is 0 Å². The van der Waals surface area contributed by atoms with Crippen LogP contribution in [0.1, 0.15) is 30.5 Å². The third-order valence-electron chi connectivity index (χ3n) is 4.20. The van der Waals surface area contributed by atoms with Crippen molar-refractivity contribution in [3.63, 3.8) is 0 Å². The fourth-order valence-electron chi connectivity index (χ4n) is 2.83. The van der Waals surface area contributed by atoms with E-state index in [-0.39, 0.29) is 11.7 Å². The predicted octanol–water partition coefficient (Wildman–Crippen LogP) is 3.17. The molecule has 2 heterocycles. The SMILES string of the molecule is O=C(CCc1ccccc1F)NCCc1csc(N2CCCC2)n1. The number of halogens is 1. The Bertz CT molecular complexity index is 682. The molecule has 0 spiro atoms. The maximum Gasteiger partial charge on any atom is 0.220 e. The average Bonchev–Trinajstić information content (AvgIpc) is 3.25. The molecule has 1 aliphatic heterocycles. The van der Waals surface area contributed by atoms with Crippen LogP contribution in [0.15, 0.2) is 29.6 Å². The lowest BCUT2D eigenvalue weighted by molar-refractivity contribution is -0.121. The lowest BCUT2D eigenvalue weighted by atomic mass is 10.1.